The summed E-state index contributed by atoms with van der Waals surface area (Å²) in [5.74, 6) is -4.47. The Hall–Kier alpha value is -2.97. The van der Waals surface area contributed by atoms with E-state index >= 15 is 8.78 Å². The van der Waals surface area contributed by atoms with E-state index < -0.39 is 78.9 Å². The number of carbonyl (C=O) groups is 1. The van der Waals surface area contributed by atoms with Gasteiger partial charge in [-0.25, -0.2) is 13.6 Å². The van der Waals surface area contributed by atoms with Gasteiger partial charge in [-0.15, -0.1) is 0 Å². The van der Waals surface area contributed by atoms with Crippen LogP contribution in [0.25, 0.3) is 10.9 Å². The van der Waals surface area contributed by atoms with Gasteiger partial charge in [0.2, 0.25) is 11.2 Å². The highest BCUT2D eigenvalue weighted by molar-refractivity contribution is 7.85. The molecule has 2 aromatic rings. The van der Waals surface area contributed by atoms with Gasteiger partial charge in [0.25, 0.3) is 10.1 Å². The molecular formula is C20H24F2N4O7S. The summed E-state index contributed by atoms with van der Waals surface area (Å²) in [5.41, 5.74) is 2.53. The first-order chi connectivity index (χ1) is 15.9. The predicted molar refractivity (Wildman–Crippen MR) is 119 cm³/mol. The second-order valence-corrected chi connectivity index (χ2v) is 9.79. The molecule has 1 aromatic carbocycles. The van der Waals surface area contributed by atoms with Gasteiger partial charge in [-0.3, -0.25) is 9.35 Å². The third-order valence-electron chi connectivity index (χ3n) is 6.15. The molecule has 0 radical (unpaired) electrons. The van der Waals surface area contributed by atoms with E-state index in [4.69, 9.17) is 10.8 Å². The van der Waals surface area contributed by atoms with Gasteiger partial charge in [0.1, 0.15) is 11.4 Å². The average Bonchev–Trinajstić information content (AvgIpc) is 3.59. The molecule has 2 aliphatic rings. The number of anilines is 2. The molecule has 0 unspecified atom stereocenters. The van der Waals surface area contributed by atoms with Crippen LogP contribution in [0, 0.1) is 11.6 Å². The smallest absolute Gasteiger partial charge is 0.449 e. The highest BCUT2D eigenvalue weighted by Gasteiger charge is 2.37. The number of aromatic nitrogens is 1. The van der Waals surface area contributed by atoms with Crippen LogP contribution in [0.15, 0.2) is 4.79 Å². The lowest BCUT2D eigenvalue weighted by Crippen LogP contribution is -2.47. The highest BCUT2D eigenvalue weighted by Crippen LogP contribution is 2.44. The number of likely N-dealkylation sites (N-methyl/N-ethyl adjacent to an activating group) is 1. The van der Waals surface area contributed by atoms with Gasteiger partial charge >= 0.3 is 6.16 Å². The zero-order valence-corrected chi connectivity index (χ0v) is 19.1. The molecule has 0 spiro atoms. The largest absolute Gasteiger partial charge is 0.511 e. The van der Waals surface area contributed by atoms with E-state index in [2.05, 4.69) is 9.64 Å². The number of pyridine rings is 1. The first-order valence-corrected chi connectivity index (χ1v) is 12.3. The van der Waals surface area contributed by atoms with Crippen LogP contribution in [-0.4, -0.2) is 66.4 Å². The molecule has 14 heteroatoms. The number of piperazine rings is 1. The fraction of sp³-hybridized carbons (Fsp3) is 0.500. The molecule has 0 atom stereocenters. The summed E-state index contributed by atoms with van der Waals surface area (Å²) >= 11 is 0. The maximum absolute atomic E-state index is 16.0. The second kappa shape index (κ2) is 8.67. The highest BCUT2D eigenvalue weighted by atomic mass is 32.2. The Labute approximate surface area is 193 Å². The van der Waals surface area contributed by atoms with Gasteiger partial charge in [-0.05, 0) is 19.4 Å². The van der Waals surface area contributed by atoms with Crippen molar-refractivity contribution in [2.24, 2.45) is 0 Å². The third kappa shape index (κ3) is 4.28. The van der Waals surface area contributed by atoms with Gasteiger partial charge in [0.15, 0.2) is 11.6 Å². The van der Waals surface area contributed by atoms with Crippen molar-refractivity contribution in [1.82, 2.24) is 9.47 Å². The van der Waals surface area contributed by atoms with Crippen molar-refractivity contribution >= 4 is 38.6 Å². The van der Waals surface area contributed by atoms with E-state index in [9.17, 15) is 22.6 Å². The zero-order chi connectivity index (χ0) is 24.9. The Morgan fingerprint density at radius 2 is 1.79 bits per heavy atom. The van der Waals surface area contributed by atoms with E-state index in [0.717, 1.165) is 11.1 Å². The Balaban J connectivity index is 2.07. The molecule has 0 bridgehead atoms. The van der Waals surface area contributed by atoms with Gasteiger partial charge in [0.05, 0.1) is 22.3 Å². The van der Waals surface area contributed by atoms with Crippen LogP contribution in [0.5, 0.6) is 5.75 Å². The Morgan fingerprint density at radius 3 is 2.29 bits per heavy atom. The number of benzene rings is 1. The molecule has 0 amide bonds. The number of hydrogen-bond donors (Lipinski definition) is 3. The lowest BCUT2D eigenvalue weighted by molar-refractivity contribution is 0.143. The average molecular weight is 502 g/mol. The van der Waals surface area contributed by atoms with Crippen LogP contribution in [0.3, 0.4) is 0 Å². The van der Waals surface area contributed by atoms with Gasteiger partial charge in [-0.2, -0.15) is 8.42 Å². The molecule has 11 nitrogen and oxygen atoms in total. The van der Waals surface area contributed by atoms with Crippen molar-refractivity contribution in [3.05, 3.63) is 27.6 Å². The van der Waals surface area contributed by atoms with Gasteiger partial charge in [0, 0.05) is 32.2 Å². The number of nitrogens with zero attached hydrogens (tertiary/aromatic N) is 3. The predicted octanol–water partition coefficient (Wildman–Crippen LogP) is 1.78. The molecule has 4 rings (SSSR count). The molecular weight excluding hydrogens is 478 g/mol. The fourth-order valence-electron chi connectivity index (χ4n) is 4.43. The van der Waals surface area contributed by atoms with Crippen molar-refractivity contribution in [2.75, 3.05) is 43.4 Å². The van der Waals surface area contributed by atoms with Crippen molar-refractivity contribution in [2.45, 2.75) is 31.6 Å². The summed E-state index contributed by atoms with van der Waals surface area (Å²) in [6.07, 6.45) is -1.05. The molecule has 2 heterocycles. The Morgan fingerprint density at radius 1 is 1.18 bits per heavy atom. The summed E-state index contributed by atoms with van der Waals surface area (Å²) < 4.78 is 69.9. The minimum absolute atomic E-state index is 0.290. The van der Waals surface area contributed by atoms with Crippen LogP contribution in [0.1, 0.15) is 31.5 Å². The SMILES string of the molecule is CCN1CCN(c2c(F)c(N)c3c(=O)c(OC(=O)O)c(CS(=O)(=O)O)n(C4CC4)c3c2F)CC1. The maximum atomic E-state index is 16.0. The second-order valence-electron chi connectivity index (χ2n) is 8.34. The molecule has 1 aromatic heterocycles. The van der Waals surface area contributed by atoms with E-state index in [-0.39, 0.29) is 0 Å². The Kier molecular flexibility index (Phi) is 6.16. The number of carboxylic acid groups (broad SMARTS) is 1. The van der Waals surface area contributed by atoms with Crippen LogP contribution < -0.4 is 20.8 Å². The van der Waals surface area contributed by atoms with Crippen LogP contribution >= 0.6 is 0 Å². The number of nitrogens with two attached hydrogens (primary N) is 1. The number of nitrogen functional groups attached to an aromatic ring is 1. The number of ether oxygens (including phenoxy) is 1. The van der Waals surface area contributed by atoms with E-state index in [1.54, 1.807) is 0 Å². The standard InChI is InChI=1S/C20H24F2N4O7S/c1-2-24-5-7-25(8-6-24)17-13(21)15(23)12-16(14(17)22)26(10-3-4-10)11(9-34(30,31)32)19(18(12)27)33-20(28)29/h10H,2-9,23H2,1H3,(H,28,29)(H,30,31,32). The number of fused-ring (bicyclic) bond motifs is 1. The van der Waals surface area contributed by atoms with Crippen molar-refractivity contribution in [1.29, 1.82) is 0 Å². The lowest BCUT2D eigenvalue weighted by Gasteiger charge is -2.36. The fourth-order valence-corrected chi connectivity index (χ4v) is 5.05. The maximum Gasteiger partial charge on any atom is 0.511 e. The van der Waals surface area contributed by atoms with Crippen molar-refractivity contribution < 1.29 is 36.4 Å². The van der Waals surface area contributed by atoms with Crippen molar-refractivity contribution in [3.63, 3.8) is 0 Å². The van der Waals surface area contributed by atoms with E-state index in [1.807, 2.05) is 6.92 Å². The quantitative estimate of drug-likeness (QED) is 0.302. The molecule has 1 aliphatic heterocycles. The van der Waals surface area contributed by atoms with Crippen LogP contribution in [-0.2, 0) is 15.9 Å². The lowest BCUT2D eigenvalue weighted by atomic mass is 10.1. The summed E-state index contributed by atoms with van der Waals surface area (Å²) in [7, 11) is -4.80. The topological polar surface area (TPSA) is 155 Å². The summed E-state index contributed by atoms with van der Waals surface area (Å²) in [6, 6.07) is -0.528. The molecule has 4 N–H and O–H groups in total. The van der Waals surface area contributed by atoms with Gasteiger partial charge in [-0.1, -0.05) is 6.92 Å². The van der Waals surface area contributed by atoms with Crippen LogP contribution in [0.4, 0.5) is 25.0 Å². The minimum atomic E-state index is -4.80. The normalized spacial score (nSPS) is 17.4. The summed E-state index contributed by atoms with van der Waals surface area (Å²) in [5, 5.41) is 8.45. The molecule has 34 heavy (non-hydrogen) atoms. The molecule has 1 saturated heterocycles. The van der Waals surface area contributed by atoms with Crippen molar-refractivity contribution in [3.8, 4) is 5.75 Å². The van der Waals surface area contributed by atoms with Gasteiger partial charge < -0.3 is 29.9 Å². The molecule has 1 saturated carbocycles. The molecule has 1 aliphatic carbocycles. The monoisotopic (exact) mass is 502 g/mol. The Bertz CT molecular complexity index is 1330. The molecule has 186 valence electrons. The number of halogens is 2. The summed E-state index contributed by atoms with van der Waals surface area (Å²) in [4.78, 5) is 27.9. The minimum Gasteiger partial charge on any atom is -0.449 e. The first kappa shape index (κ1) is 24.2. The zero-order valence-electron chi connectivity index (χ0n) is 18.3. The first-order valence-electron chi connectivity index (χ1n) is 10.6. The number of rotatable bonds is 6. The third-order valence-corrected chi connectivity index (χ3v) is 6.79. The molecule has 2 fully saturated rings. The summed E-state index contributed by atoms with van der Waals surface area (Å²) in [6.45, 7) is 4.40. The van der Waals surface area contributed by atoms with Crippen LogP contribution in [0.2, 0.25) is 0 Å². The number of hydrogen-bond acceptors (Lipinski definition) is 8. The van der Waals surface area contributed by atoms with E-state index in [1.165, 1.54) is 4.90 Å². The van der Waals surface area contributed by atoms with E-state index in [0.29, 0.717) is 39.0 Å².